The smallest absolute Gasteiger partial charge is 0.150 e. The molecule has 0 saturated carbocycles. The molecule has 1 aromatic heterocycles. The summed E-state index contributed by atoms with van der Waals surface area (Å²) in [6, 6.07) is 0. The molecule has 0 fully saturated rings. The Bertz CT molecular complexity index is 360. The van der Waals surface area contributed by atoms with E-state index in [0.29, 0.717) is 5.92 Å². The predicted molar refractivity (Wildman–Crippen MR) is 71.3 cm³/mol. The van der Waals surface area contributed by atoms with Gasteiger partial charge in [-0.15, -0.1) is 0 Å². The summed E-state index contributed by atoms with van der Waals surface area (Å²) >= 11 is 0. The summed E-state index contributed by atoms with van der Waals surface area (Å²) in [5.41, 5.74) is 7.88. The second-order valence-electron chi connectivity index (χ2n) is 4.56. The molecule has 0 saturated heterocycles. The van der Waals surface area contributed by atoms with E-state index in [0.717, 1.165) is 36.7 Å². The number of nitrogens with two attached hydrogens (primary N) is 1. The van der Waals surface area contributed by atoms with Crippen LogP contribution in [0.5, 0.6) is 0 Å². The van der Waals surface area contributed by atoms with Crippen LogP contribution in [-0.2, 0) is 7.05 Å². The van der Waals surface area contributed by atoms with Crippen molar-refractivity contribution >= 4 is 11.5 Å². The first-order valence-electron chi connectivity index (χ1n) is 6.21. The van der Waals surface area contributed by atoms with Crippen molar-refractivity contribution in [1.82, 2.24) is 9.78 Å². The van der Waals surface area contributed by atoms with Crippen LogP contribution in [-0.4, -0.2) is 34.6 Å². The van der Waals surface area contributed by atoms with Crippen molar-refractivity contribution < 1.29 is 5.11 Å². The van der Waals surface area contributed by atoms with Gasteiger partial charge in [-0.3, -0.25) is 4.68 Å². The summed E-state index contributed by atoms with van der Waals surface area (Å²) in [5.74, 6) is 1.29. The number of rotatable bonds is 6. The lowest BCUT2D eigenvalue weighted by molar-refractivity contribution is 0.289. The van der Waals surface area contributed by atoms with E-state index < -0.39 is 0 Å². The lowest BCUT2D eigenvalue weighted by Gasteiger charge is -2.23. The van der Waals surface area contributed by atoms with Crippen molar-refractivity contribution in [3.8, 4) is 0 Å². The van der Waals surface area contributed by atoms with Gasteiger partial charge in [0.05, 0.1) is 11.4 Å². The number of aryl methyl sites for hydroxylation is 1. The first-order valence-corrected chi connectivity index (χ1v) is 6.21. The number of aliphatic hydroxyl groups is 1. The molecule has 0 unspecified atom stereocenters. The molecule has 0 spiro atoms. The topological polar surface area (TPSA) is 67.3 Å². The lowest BCUT2D eigenvalue weighted by atomic mass is 10.1. The molecule has 0 radical (unpaired) electrons. The van der Waals surface area contributed by atoms with Crippen LogP contribution in [0.25, 0.3) is 0 Å². The van der Waals surface area contributed by atoms with Crippen LogP contribution in [0.1, 0.15) is 38.8 Å². The van der Waals surface area contributed by atoms with Crippen LogP contribution >= 0.6 is 0 Å². The Hall–Kier alpha value is -1.23. The van der Waals surface area contributed by atoms with Gasteiger partial charge in [-0.2, -0.15) is 5.10 Å². The molecule has 1 heterocycles. The minimum Gasteiger partial charge on any atom is -0.396 e. The van der Waals surface area contributed by atoms with Crippen molar-refractivity contribution in [3.63, 3.8) is 0 Å². The van der Waals surface area contributed by atoms with Gasteiger partial charge in [-0.25, -0.2) is 0 Å². The van der Waals surface area contributed by atoms with Crippen LogP contribution in [0.15, 0.2) is 0 Å². The second kappa shape index (κ2) is 5.91. The third kappa shape index (κ3) is 2.91. The molecule has 5 heteroatoms. The standard InChI is InChI=1S/C12H24N4O/c1-5-16(7-6-8-17)12-10(13)11(9(2)3)14-15(12)4/h9,17H,5-8,13H2,1-4H3. The van der Waals surface area contributed by atoms with Gasteiger partial charge in [0.25, 0.3) is 0 Å². The Balaban J connectivity index is 3.02. The SMILES string of the molecule is CCN(CCCO)c1c(N)c(C(C)C)nn1C. The quantitative estimate of drug-likeness (QED) is 0.787. The average molecular weight is 240 g/mol. The molecule has 5 nitrogen and oxygen atoms in total. The highest BCUT2D eigenvalue weighted by molar-refractivity contribution is 5.67. The summed E-state index contributed by atoms with van der Waals surface area (Å²) in [5, 5.41) is 13.4. The summed E-state index contributed by atoms with van der Waals surface area (Å²) in [6.07, 6.45) is 0.746. The molecule has 0 aliphatic heterocycles. The van der Waals surface area contributed by atoms with Crippen molar-refractivity contribution in [3.05, 3.63) is 5.69 Å². The van der Waals surface area contributed by atoms with Crippen molar-refractivity contribution in [1.29, 1.82) is 0 Å². The molecular formula is C12H24N4O. The van der Waals surface area contributed by atoms with Gasteiger partial charge in [0.2, 0.25) is 0 Å². The van der Waals surface area contributed by atoms with Crippen molar-refractivity contribution in [2.75, 3.05) is 30.3 Å². The van der Waals surface area contributed by atoms with Gasteiger partial charge in [0.1, 0.15) is 5.82 Å². The van der Waals surface area contributed by atoms with Gasteiger partial charge >= 0.3 is 0 Å². The molecule has 17 heavy (non-hydrogen) atoms. The molecule has 0 atom stereocenters. The van der Waals surface area contributed by atoms with E-state index in [9.17, 15) is 0 Å². The summed E-state index contributed by atoms with van der Waals surface area (Å²) in [7, 11) is 1.92. The van der Waals surface area contributed by atoms with E-state index in [1.54, 1.807) is 0 Å². The van der Waals surface area contributed by atoms with Crippen molar-refractivity contribution in [2.24, 2.45) is 7.05 Å². The van der Waals surface area contributed by atoms with E-state index in [1.807, 2.05) is 11.7 Å². The molecule has 0 bridgehead atoms. The van der Waals surface area contributed by atoms with Gasteiger partial charge in [0.15, 0.2) is 0 Å². The van der Waals surface area contributed by atoms with Gasteiger partial charge in [-0.1, -0.05) is 13.8 Å². The third-order valence-electron chi connectivity index (χ3n) is 2.90. The van der Waals surface area contributed by atoms with Gasteiger partial charge in [-0.05, 0) is 19.3 Å². The van der Waals surface area contributed by atoms with E-state index >= 15 is 0 Å². The minimum absolute atomic E-state index is 0.200. The molecule has 0 aromatic carbocycles. The fourth-order valence-corrected chi connectivity index (χ4v) is 2.03. The predicted octanol–water partition coefficient (Wildman–Crippen LogP) is 1.33. The van der Waals surface area contributed by atoms with Crippen LogP contribution in [0.3, 0.4) is 0 Å². The van der Waals surface area contributed by atoms with Gasteiger partial charge < -0.3 is 15.7 Å². The maximum Gasteiger partial charge on any atom is 0.150 e. The highest BCUT2D eigenvalue weighted by Crippen LogP contribution is 2.30. The zero-order valence-electron chi connectivity index (χ0n) is 11.3. The normalized spacial score (nSPS) is 11.2. The molecule has 1 aromatic rings. The fourth-order valence-electron chi connectivity index (χ4n) is 2.03. The van der Waals surface area contributed by atoms with Crippen LogP contribution in [0, 0.1) is 0 Å². The molecular weight excluding hydrogens is 216 g/mol. The van der Waals surface area contributed by atoms with E-state index in [1.165, 1.54) is 0 Å². The number of hydrogen-bond acceptors (Lipinski definition) is 4. The maximum atomic E-state index is 8.91. The molecule has 98 valence electrons. The zero-order chi connectivity index (χ0) is 13.0. The Morgan fingerprint density at radius 2 is 2.12 bits per heavy atom. The Morgan fingerprint density at radius 3 is 2.53 bits per heavy atom. The van der Waals surface area contributed by atoms with Crippen molar-refractivity contribution in [2.45, 2.75) is 33.1 Å². The van der Waals surface area contributed by atoms with Crippen LogP contribution in [0.4, 0.5) is 11.5 Å². The number of hydrogen-bond donors (Lipinski definition) is 2. The Kier molecular flexibility index (Phi) is 4.81. The molecule has 3 N–H and O–H groups in total. The number of aliphatic hydroxyl groups excluding tert-OH is 1. The number of aromatic nitrogens is 2. The number of nitrogen functional groups attached to an aromatic ring is 1. The Labute approximate surface area is 103 Å². The number of nitrogens with zero attached hydrogens (tertiary/aromatic N) is 3. The summed E-state index contributed by atoms with van der Waals surface area (Å²) in [4.78, 5) is 2.16. The van der Waals surface area contributed by atoms with Crippen LogP contribution in [0.2, 0.25) is 0 Å². The maximum absolute atomic E-state index is 8.91. The summed E-state index contributed by atoms with van der Waals surface area (Å²) < 4.78 is 1.84. The monoisotopic (exact) mass is 240 g/mol. The first kappa shape index (κ1) is 13.8. The van der Waals surface area contributed by atoms with E-state index in [2.05, 4.69) is 30.8 Å². The highest BCUT2D eigenvalue weighted by Gasteiger charge is 2.19. The highest BCUT2D eigenvalue weighted by atomic mass is 16.3. The van der Waals surface area contributed by atoms with E-state index in [4.69, 9.17) is 10.8 Å². The molecule has 0 aliphatic carbocycles. The fraction of sp³-hybridized carbons (Fsp3) is 0.750. The van der Waals surface area contributed by atoms with E-state index in [-0.39, 0.29) is 6.61 Å². The molecule has 1 rings (SSSR count). The zero-order valence-corrected chi connectivity index (χ0v) is 11.3. The minimum atomic E-state index is 0.200. The molecule has 0 aliphatic rings. The third-order valence-corrected chi connectivity index (χ3v) is 2.90. The second-order valence-corrected chi connectivity index (χ2v) is 4.56. The molecule has 0 amide bonds. The Morgan fingerprint density at radius 1 is 1.47 bits per heavy atom. The van der Waals surface area contributed by atoms with Crippen LogP contribution < -0.4 is 10.6 Å². The average Bonchev–Trinajstić information content (AvgIpc) is 2.57. The summed E-state index contributed by atoms with van der Waals surface area (Å²) in [6.45, 7) is 8.12. The van der Waals surface area contributed by atoms with Gasteiger partial charge in [0, 0.05) is 26.7 Å². The lowest BCUT2D eigenvalue weighted by Crippen LogP contribution is -2.27. The number of anilines is 2. The largest absolute Gasteiger partial charge is 0.396 e. The first-order chi connectivity index (χ1) is 8.02.